The predicted molar refractivity (Wildman–Crippen MR) is 160 cm³/mol. The van der Waals surface area contributed by atoms with E-state index in [1.54, 1.807) is 26.0 Å². The Bertz CT molecular complexity index is 1050. The standard InChI is InChI=1S/C30H47ClN4O7/c1-22(18-35-11-10-30(39,28(2,3)21-35)23-6-8-24(31)9-7-23)25(19-36)33-26(37)32-20-29(4,5)42-27(38)41-17-14-34-12-15-40-16-13-34/h6-9,19,22,25,39H,10-18,20-21H2,1-5H3,(H2,32,33,37)/t22-,25?,30-/m0/s1. The van der Waals surface area contributed by atoms with E-state index in [4.69, 9.17) is 25.8 Å². The normalized spacial score (nSPS) is 22.9. The number of halogens is 1. The van der Waals surface area contributed by atoms with Crippen LogP contribution >= 0.6 is 11.6 Å². The fraction of sp³-hybridized carbons (Fsp3) is 0.700. The van der Waals surface area contributed by atoms with E-state index in [1.807, 2.05) is 32.9 Å². The number of carbonyl (C=O) groups is 3. The molecule has 236 valence electrons. The number of morpholine rings is 1. The van der Waals surface area contributed by atoms with Gasteiger partial charge in [0.25, 0.3) is 0 Å². The van der Waals surface area contributed by atoms with Crippen molar-refractivity contribution in [1.82, 2.24) is 20.4 Å². The third kappa shape index (κ3) is 9.54. The third-order valence-corrected chi connectivity index (χ3v) is 8.47. The van der Waals surface area contributed by atoms with Gasteiger partial charge in [0, 0.05) is 49.7 Å². The topological polar surface area (TPSA) is 130 Å². The number of aldehydes is 1. The molecule has 42 heavy (non-hydrogen) atoms. The molecule has 0 bridgehead atoms. The Morgan fingerprint density at radius 2 is 1.83 bits per heavy atom. The molecule has 2 fully saturated rings. The largest absolute Gasteiger partial charge is 0.508 e. The summed E-state index contributed by atoms with van der Waals surface area (Å²) in [4.78, 5) is 41.1. The van der Waals surface area contributed by atoms with Crippen LogP contribution in [0.25, 0.3) is 0 Å². The lowest BCUT2D eigenvalue weighted by molar-refractivity contribution is -0.128. The summed E-state index contributed by atoms with van der Waals surface area (Å²) in [6, 6.07) is 6.06. The van der Waals surface area contributed by atoms with Gasteiger partial charge in [-0.3, -0.25) is 4.90 Å². The second-order valence-electron chi connectivity index (χ2n) is 12.6. The predicted octanol–water partition coefficient (Wildman–Crippen LogP) is 3.03. The highest BCUT2D eigenvalue weighted by molar-refractivity contribution is 6.30. The van der Waals surface area contributed by atoms with Crippen molar-refractivity contribution in [3.63, 3.8) is 0 Å². The molecule has 1 unspecified atom stereocenters. The number of hydrogen-bond acceptors (Lipinski definition) is 9. The summed E-state index contributed by atoms with van der Waals surface area (Å²) in [5, 5.41) is 17.7. The Hall–Kier alpha value is -2.44. The minimum atomic E-state index is -1.02. The first-order valence-corrected chi connectivity index (χ1v) is 15.0. The van der Waals surface area contributed by atoms with E-state index >= 15 is 0 Å². The molecular weight excluding hydrogens is 564 g/mol. The highest BCUT2D eigenvalue weighted by Crippen LogP contribution is 2.46. The molecule has 0 spiro atoms. The van der Waals surface area contributed by atoms with Crippen LogP contribution in [0, 0.1) is 11.3 Å². The van der Waals surface area contributed by atoms with E-state index in [-0.39, 0.29) is 19.1 Å². The molecule has 0 saturated carbocycles. The molecular formula is C30H47ClN4O7. The molecule has 0 radical (unpaired) electrons. The van der Waals surface area contributed by atoms with Crippen molar-refractivity contribution >= 4 is 30.1 Å². The van der Waals surface area contributed by atoms with Gasteiger partial charge in [-0.05, 0) is 43.9 Å². The number of amides is 2. The average molecular weight is 611 g/mol. The van der Waals surface area contributed by atoms with Crippen LogP contribution in [0.5, 0.6) is 0 Å². The van der Waals surface area contributed by atoms with Crippen LogP contribution in [-0.4, -0.2) is 111 Å². The Morgan fingerprint density at radius 1 is 1.17 bits per heavy atom. The summed E-state index contributed by atoms with van der Waals surface area (Å²) in [6.45, 7) is 14.9. The zero-order chi connectivity index (χ0) is 31.0. The van der Waals surface area contributed by atoms with Crippen LogP contribution in [0.15, 0.2) is 24.3 Å². The fourth-order valence-electron chi connectivity index (χ4n) is 5.54. The Labute approximate surface area is 254 Å². The Morgan fingerprint density at radius 3 is 2.45 bits per heavy atom. The van der Waals surface area contributed by atoms with Gasteiger partial charge in [0.15, 0.2) is 0 Å². The maximum Gasteiger partial charge on any atom is 0.508 e. The van der Waals surface area contributed by atoms with Crippen molar-refractivity contribution in [3.8, 4) is 0 Å². The first-order valence-electron chi connectivity index (χ1n) is 14.6. The third-order valence-electron chi connectivity index (χ3n) is 8.22. The second-order valence-corrected chi connectivity index (χ2v) is 13.1. The molecule has 3 N–H and O–H groups in total. The van der Waals surface area contributed by atoms with E-state index in [1.165, 1.54) is 0 Å². The van der Waals surface area contributed by atoms with Gasteiger partial charge < -0.3 is 39.6 Å². The van der Waals surface area contributed by atoms with Crippen molar-refractivity contribution in [2.45, 2.75) is 58.3 Å². The zero-order valence-electron chi connectivity index (χ0n) is 25.5. The van der Waals surface area contributed by atoms with E-state index in [2.05, 4.69) is 20.4 Å². The number of benzene rings is 1. The van der Waals surface area contributed by atoms with Gasteiger partial charge in [-0.2, -0.15) is 0 Å². The van der Waals surface area contributed by atoms with Gasteiger partial charge in [0.2, 0.25) is 0 Å². The van der Waals surface area contributed by atoms with Crippen molar-refractivity contribution in [2.24, 2.45) is 11.3 Å². The van der Waals surface area contributed by atoms with Crippen molar-refractivity contribution < 1.29 is 33.7 Å². The van der Waals surface area contributed by atoms with Gasteiger partial charge in [0.05, 0.1) is 31.4 Å². The number of urea groups is 1. The molecule has 0 aliphatic carbocycles. The molecule has 1 aromatic carbocycles. The molecule has 2 saturated heterocycles. The van der Waals surface area contributed by atoms with Crippen LogP contribution in [-0.2, 0) is 24.6 Å². The molecule has 3 rings (SSSR count). The number of nitrogens with zero attached hydrogens (tertiary/aromatic N) is 2. The number of ether oxygens (including phenoxy) is 3. The van der Waals surface area contributed by atoms with Crippen molar-refractivity contribution in [1.29, 1.82) is 0 Å². The Balaban J connectivity index is 1.42. The van der Waals surface area contributed by atoms with Crippen LogP contribution in [0.4, 0.5) is 9.59 Å². The second kappa shape index (κ2) is 14.8. The molecule has 1 aromatic rings. The molecule has 2 aliphatic heterocycles. The highest BCUT2D eigenvalue weighted by atomic mass is 35.5. The number of carbonyl (C=O) groups excluding carboxylic acids is 3. The first kappa shape index (κ1) is 34.1. The minimum Gasteiger partial charge on any atom is -0.433 e. The van der Waals surface area contributed by atoms with Gasteiger partial charge in [-0.25, -0.2) is 9.59 Å². The summed E-state index contributed by atoms with van der Waals surface area (Å²) in [5.74, 6) is -0.184. The highest BCUT2D eigenvalue weighted by Gasteiger charge is 2.48. The Kier molecular flexibility index (Phi) is 12.0. The van der Waals surface area contributed by atoms with E-state index in [0.29, 0.717) is 50.8 Å². The monoisotopic (exact) mass is 610 g/mol. The van der Waals surface area contributed by atoms with E-state index in [0.717, 1.165) is 24.9 Å². The molecule has 2 heterocycles. The lowest BCUT2D eigenvalue weighted by atomic mass is 9.66. The lowest BCUT2D eigenvalue weighted by Crippen LogP contribution is -2.57. The van der Waals surface area contributed by atoms with E-state index in [9.17, 15) is 19.5 Å². The zero-order valence-corrected chi connectivity index (χ0v) is 26.2. The summed E-state index contributed by atoms with van der Waals surface area (Å²) < 4.78 is 15.9. The van der Waals surface area contributed by atoms with Gasteiger partial charge in [-0.1, -0.05) is 44.5 Å². The summed E-state index contributed by atoms with van der Waals surface area (Å²) >= 11 is 6.05. The first-order chi connectivity index (χ1) is 19.7. The minimum absolute atomic E-state index is 0.0287. The SMILES string of the molecule is C[C@@H](CN1CC[C@](O)(c2ccc(Cl)cc2)C(C)(C)C1)C(C=O)NC(=O)NCC(C)(C)OC(=O)OCCN1CCOCC1. The van der Waals surface area contributed by atoms with Crippen LogP contribution in [0.1, 0.15) is 46.6 Å². The molecule has 3 atom stereocenters. The van der Waals surface area contributed by atoms with E-state index < -0.39 is 34.8 Å². The maximum absolute atomic E-state index is 12.6. The fourth-order valence-corrected chi connectivity index (χ4v) is 5.67. The molecule has 11 nitrogen and oxygen atoms in total. The van der Waals surface area contributed by atoms with Crippen LogP contribution < -0.4 is 10.6 Å². The summed E-state index contributed by atoms with van der Waals surface area (Å²) in [7, 11) is 0. The quantitative estimate of drug-likeness (QED) is 0.241. The van der Waals surface area contributed by atoms with Gasteiger partial charge >= 0.3 is 12.2 Å². The van der Waals surface area contributed by atoms with Gasteiger partial charge in [0.1, 0.15) is 18.5 Å². The number of hydrogen-bond donors (Lipinski definition) is 3. The number of rotatable bonds is 12. The van der Waals surface area contributed by atoms with Crippen LogP contribution in [0.3, 0.4) is 0 Å². The van der Waals surface area contributed by atoms with Crippen LogP contribution in [0.2, 0.25) is 5.02 Å². The maximum atomic E-state index is 12.6. The number of aliphatic hydroxyl groups is 1. The van der Waals surface area contributed by atoms with Crippen molar-refractivity contribution in [2.75, 3.05) is 65.6 Å². The van der Waals surface area contributed by atoms with Gasteiger partial charge in [-0.15, -0.1) is 0 Å². The number of nitrogens with one attached hydrogen (secondary N) is 2. The van der Waals surface area contributed by atoms with Crippen molar-refractivity contribution in [3.05, 3.63) is 34.9 Å². The molecule has 0 aromatic heterocycles. The molecule has 2 aliphatic rings. The smallest absolute Gasteiger partial charge is 0.433 e. The summed E-state index contributed by atoms with van der Waals surface area (Å²) in [5.41, 5.74) is -1.66. The average Bonchev–Trinajstić information content (AvgIpc) is 2.93. The molecule has 12 heteroatoms. The lowest BCUT2D eigenvalue weighted by Gasteiger charge is -2.51. The summed E-state index contributed by atoms with van der Waals surface area (Å²) in [6.07, 6.45) is 0.456. The number of likely N-dealkylation sites (tertiary alicyclic amines) is 1. The molecule has 2 amide bonds. The number of piperidine rings is 1.